The van der Waals surface area contributed by atoms with Gasteiger partial charge in [-0.3, -0.25) is 4.79 Å². The number of aromatic nitrogens is 1. The summed E-state index contributed by atoms with van der Waals surface area (Å²) in [4.78, 5) is 20.0. The monoisotopic (exact) mass is 325 g/mol. The Labute approximate surface area is 142 Å². The van der Waals surface area contributed by atoms with Crippen molar-refractivity contribution in [3.8, 4) is 0 Å². The van der Waals surface area contributed by atoms with E-state index in [0.717, 1.165) is 48.7 Å². The molecule has 0 bridgehead atoms. The quantitative estimate of drug-likeness (QED) is 0.939. The van der Waals surface area contributed by atoms with Gasteiger partial charge < -0.3 is 14.9 Å². The number of aliphatic hydroxyl groups excluding tert-OH is 1. The lowest BCUT2D eigenvalue weighted by Gasteiger charge is -2.35. The fraction of sp³-hybridized carbons (Fsp3) is 0.368. The van der Waals surface area contributed by atoms with Crippen LogP contribution >= 0.6 is 0 Å². The number of nitrogens with zero attached hydrogens (tertiary/aromatic N) is 3. The van der Waals surface area contributed by atoms with Gasteiger partial charge in [-0.2, -0.15) is 0 Å². The average molecular weight is 325 g/mol. The Kier molecular flexibility index (Phi) is 4.81. The van der Waals surface area contributed by atoms with Gasteiger partial charge >= 0.3 is 0 Å². The number of carbonyl (C=O) groups excluding carboxylic acids is 1. The number of hydrogen-bond acceptors (Lipinski definition) is 4. The highest BCUT2D eigenvalue weighted by molar-refractivity contribution is 5.73. The summed E-state index contributed by atoms with van der Waals surface area (Å²) in [5.74, 6) is 1.03. The minimum absolute atomic E-state index is 0.125. The lowest BCUT2D eigenvalue weighted by Crippen LogP contribution is -2.48. The van der Waals surface area contributed by atoms with Gasteiger partial charge in [0.1, 0.15) is 11.9 Å². The topological polar surface area (TPSA) is 56.7 Å². The molecule has 1 fully saturated rings. The molecule has 2 aromatic rings. The Balaban J connectivity index is 1.75. The summed E-state index contributed by atoms with van der Waals surface area (Å²) >= 11 is 0. The van der Waals surface area contributed by atoms with Crippen molar-refractivity contribution in [3.05, 3.63) is 59.3 Å². The summed E-state index contributed by atoms with van der Waals surface area (Å²) in [7, 11) is 0. The van der Waals surface area contributed by atoms with Gasteiger partial charge in [0, 0.05) is 44.9 Å². The molecule has 2 heterocycles. The Bertz CT molecular complexity index is 710. The lowest BCUT2D eigenvalue weighted by atomic mass is 9.99. The van der Waals surface area contributed by atoms with Gasteiger partial charge in [-0.25, -0.2) is 4.98 Å². The summed E-state index contributed by atoms with van der Waals surface area (Å²) < 4.78 is 0. The van der Waals surface area contributed by atoms with Crippen molar-refractivity contribution >= 4 is 11.7 Å². The molecule has 1 unspecified atom stereocenters. The van der Waals surface area contributed by atoms with E-state index < -0.39 is 6.10 Å². The van der Waals surface area contributed by atoms with Crippen molar-refractivity contribution in [2.75, 3.05) is 31.1 Å². The summed E-state index contributed by atoms with van der Waals surface area (Å²) in [6.07, 6.45) is 1.10. The number of piperazine rings is 1. The van der Waals surface area contributed by atoms with E-state index in [1.807, 2.05) is 48.2 Å². The fourth-order valence-electron chi connectivity index (χ4n) is 3.08. The normalized spacial score (nSPS) is 16.1. The molecule has 1 saturated heterocycles. The standard InChI is InChI=1S/C19H23N3O2/c1-14-12-18(22-10-8-21(9-11-22)15(2)23)20-13-17(14)19(24)16-6-4-3-5-7-16/h3-7,12-13,19,24H,8-11H2,1-2H3. The second kappa shape index (κ2) is 7.01. The predicted molar refractivity (Wildman–Crippen MR) is 93.9 cm³/mol. The molecule has 5 heteroatoms. The van der Waals surface area contributed by atoms with Crippen LogP contribution in [0.1, 0.15) is 29.7 Å². The molecule has 0 radical (unpaired) electrons. The van der Waals surface area contributed by atoms with Crippen LogP contribution in [0, 0.1) is 6.92 Å². The molecule has 126 valence electrons. The zero-order chi connectivity index (χ0) is 17.1. The number of amides is 1. The van der Waals surface area contributed by atoms with E-state index in [1.165, 1.54) is 0 Å². The first kappa shape index (κ1) is 16.5. The molecule has 1 amide bonds. The Morgan fingerprint density at radius 3 is 2.42 bits per heavy atom. The predicted octanol–water partition coefficient (Wildman–Crippen LogP) is 2.14. The van der Waals surface area contributed by atoms with Crippen LogP contribution < -0.4 is 4.90 Å². The Morgan fingerprint density at radius 1 is 1.17 bits per heavy atom. The first-order valence-corrected chi connectivity index (χ1v) is 8.26. The first-order valence-electron chi connectivity index (χ1n) is 8.26. The van der Waals surface area contributed by atoms with E-state index in [1.54, 1.807) is 13.1 Å². The largest absolute Gasteiger partial charge is 0.384 e. The second-order valence-electron chi connectivity index (χ2n) is 6.21. The highest BCUT2D eigenvalue weighted by Gasteiger charge is 2.21. The summed E-state index contributed by atoms with van der Waals surface area (Å²) in [6, 6.07) is 11.6. The fourth-order valence-corrected chi connectivity index (χ4v) is 3.08. The van der Waals surface area contributed by atoms with E-state index in [-0.39, 0.29) is 5.91 Å². The molecular formula is C19H23N3O2. The van der Waals surface area contributed by atoms with Gasteiger partial charge in [0.05, 0.1) is 0 Å². The number of hydrogen-bond donors (Lipinski definition) is 1. The van der Waals surface area contributed by atoms with Crippen LogP contribution in [-0.4, -0.2) is 47.1 Å². The van der Waals surface area contributed by atoms with Crippen molar-refractivity contribution in [2.24, 2.45) is 0 Å². The van der Waals surface area contributed by atoms with E-state index in [0.29, 0.717) is 0 Å². The number of benzene rings is 1. The highest BCUT2D eigenvalue weighted by Crippen LogP contribution is 2.26. The van der Waals surface area contributed by atoms with Crippen LogP contribution in [0.5, 0.6) is 0 Å². The molecule has 1 atom stereocenters. The molecule has 1 N–H and O–H groups in total. The van der Waals surface area contributed by atoms with Gasteiger partial charge in [-0.15, -0.1) is 0 Å². The molecule has 1 aliphatic heterocycles. The van der Waals surface area contributed by atoms with Crippen LogP contribution in [0.15, 0.2) is 42.6 Å². The second-order valence-corrected chi connectivity index (χ2v) is 6.21. The number of carbonyl (C=O) groups is 1. The van der Waals surface area contributed by atoms with Crippen molar-refractivity contribution in [3.63, 3.8) is 0 Å². The maximum atomic E-state index is 11.4. The van der Waals surface area contributed by atoms with Gasteiger partial charge in [-0.05, 0) is 24.1 Å². The van der Waals surface area contributed by atoms with Crippen molar-refractivity contribution < 1.29 is 9.90 Å². The Hall–Kier alpha value is -2.40. The number of pyridine rings is 1. The summed E-state index contributed by atoms with van der Waals surface area (Å²) in [6.45, 7) is 6.63. The minimum atomic E-state index is -0.665. The molecule has 0 spiro atoms. The maximum absolute atomic E-state index is 11.4. The third-order valence-electron chi connectivity index (χ3n) is 4.60. The number of anilines is 1. The minimum Gasteiger partial charge on any atom is -0.384 e. The molecule has 5 nitrogen and oxygen atoms in total. The SMILES string of the molecule is CC(=O)N1CCN(c2cc(C)c(C(O)c3ccccc3)cn2)CC1. The molecule has 0 aliphatic carbocycles. The van der Waals surface area contributed by atoms with Crippen molar-refractivity contribution in [1.29, 1.82) is 0 Å². The van der Waals surface area contributed by atoms with Crippen LogP contribution in [-0.2, 0) is 4.79 Å². The Morgan fingerprint density at radius 2 is 1.83 bits per heavy atom. The highest BCUT2D eigenvalue weighted by atomic mass is 16.3. The average Bonchev–Trinajstić information content (AvgIpc) is 2.62. The molecule has 24 heavy (non-hydrogen) atoms. The van der Waals surface area contributed by atoms with Gasteiger partial charge in [-0.1, -0.05) is 30.3 Å². The van der Waals surface area contributed by atoms with E-state index in [9.17, 15) is 9.90 Å². The van der Waals surface area contributed by atoms with Crippen LogP contribution in [0.4, 0.5) is 5.82 Å². The molecule has 0 saturated carbocycles. The van der Waals surface area contributed by atoms with Gasteiger partial charge in [0.2, 0.25) is 5.91 Å². The lowest BCUT2D eigenvalue weighted by molar-refractivity contribution is -0.129. The molecular weight excluding hydrogens is 302 g/mol. The molecule has 1 aromatic carbocycles. The van der Waals surface area contributed by atoms with Crippen LogP contribution in [0.25, 0.3) is 0 Å². The van der Waals surface area contributed by atoms with E-state index >= 15 is 0 Å². The zero-order valence-electron chi connectivity index (χ0n) is 14.1. The smallest absolute Gasteiger partial charge is 0.219 e. The summed E-state index contributed by atoms with van der Waals surface area (Å²) in [5, 5.41) is 10.6. The third kappa shape index (κ3) is 3.41. The van der Waals surface area contributed by atoms with Gasteiger partial charge in [0.15, 0.2) is 0 Å². The van der Waals surface area contributed by atoms with Crippen LogP contribution in [0.3, 0.4) is 0 Å². The maximum Gasteiger partial charge on any atom is 0.219 e. The number of aliphatic hydroxyl groups is 1. The van der Waals surface area contributed by atoms with E-state index in [2.05, 4.69) is 9.88 Å². The molecule has 1 aliphatic rings. The molecule has 1 aromatic heterocycles. The first-order chi connectivity index (χ1) is 11.6. The number of rotatable bonds is 3. The van der Waals surface area contributed by atoms with Gasteiger partial charge in [0.25, 0.3) is 0 Å². The zero-order valence-corrected chi connectivity index (χ0v) is 14.1. The van der Waals surface area contributed by atoms with Crippen LogP contribution in [0.2, 0.25) is 0 Å². The van der Waals surface area contributed by atoms with E-state index in [4.69, 9.17) is 0 Å². The van der Waals surface area contributed by atoms with Crippen molar-refractivity contribution in [2.45, 2.75) is 20.0 Å². The third-order valence-corrected chi connectivity index (χ3v) is 4.60. The summed E-state index contributed by atoms with van der Waals surface area (Å²) in [5.41, 5.74) is 2.71. The molecule has 3 rings (SSSR count). The van der Waals surface area contributed by atoms with Crippen molar-refractivity contribution in [1.82, 2.24) is 9.88 Å². The number of aryl methyl sites for hydroxylation is 1.